The molecule has 0 atom stereocenters. The summed E-state index contributed by atoms with van der Waals surface area (Å²) in [4.78, 5) is 14.1. The van der Waals surface area contributed by atoms with Gasteiger partial charge in [0.05, 0.1) is 0 Å². The zero-order chi connectivity index (χ0) is 17.6. The molecule has 2 aromatic carbocycles. The third-order valence-electron chi connectivity index (χ3n) is 3.48. The first kappa shape index (κ1) is 17.9. The monoisotopic (exact) mass is 326 g/mol. The standard InChI is InChI=1S/C20H26N2O2/c1-5-22(15-16-9-7-6-8-10-16)18-13-11-17(12-14-18)21-19(23)24-20(2,3)4/h6-14H,5,15H2,1-4H3,(H,21,23). The number of nitrogens with zero attached hydrogens (tertiary/aromatic N) is 1. The van der Waals surface area contributed by atoms with Gasteiger partial charge in [-0.05, 0) is 57.5 Å². The Morgan fingerprint density at radius 2 is 1.67 bits per heavy atom. The second-order valence-electron chi connectivity index (χ2n) is 6.67. The van der Waals surface area contributed by atoms with Gasteiger partial charge in [0, 0.05) is 24.5 Å². The molecule has 0 heterocycles. The second kappa shape index (κ2) is 7.86. The molecule has 1 N–H and O–H groups in total. The molecule has 4 heteroatoms. The molecule has 0 saturated carbocycles. The van der Waals surface area contributed by atoms with Gasteiger partial charge in [0.15, 0.2) is 0 Å². The van der Waals surface area contributed by atoms with E-state index in [4.69, 9.17) is 4.74 Å². The number of carbonyl (C=O) groups is 1. The summed E-state index contributed by atoms with van der Waals surface area (Å²) in [5.74, 6) is 0. The fourth-order valence-corrected chi connectivity index (χ4v) is 2.37. The molecule has 2 rings (SSSR count). The summed E-state index contributed by atoms with van der Waals surface area (Å²) in [7, 11) is 0. The van der Waals surface area contributed by atoms with E-state index in [-0.39, 0.29) is 0 Å². The Balaban J connectivity index is 2.00. The van der Waals surface area contributed by atoms with Gasteiger partial charge in [0.25, 0.3) is 0 Å². The second-order valence-corrected chi connectivity index (χ2v) is 6.67. The summed E-state index contributed by atoms with van der Waals surface area (Å²) in [5.41, 5.74) is 2.62. The van der Waals surface area contributed by atoms with Gasteiger partial charge in [-0.2, -0.15) is 0 Å². The fraction of sp³-hybridized carbons (Fsp3) is 0.350. The van der Waals surface area contributed by atoms with Crippen molar-refractivity contribution in [3.8, 4) is 0 Å². The van der Waals surface area contributed by atoms with Crippen molar-refractivity contribution in [2.24, 2.45) is 0 Å². The zero-order valence-corrected chi connectivity index (χ0v) is 14.9. The van der Waals surface area contributed by atoms with Crippen molar-refractivity contribution in [3.05, 3.63) is 60.2 Å². The molecular formula is C20H26N2O2. The maximum Gasteiger partial charge on any atom is 0.412 e. The van der Waals surface area contributed by atoms with Gasteiger partial charge in [-0.1, -0.05) is 30.3 Å². The first-order valence-corrected chi connectivity index (χ1v) is 8.26. The number of hydrogen-bond acceptors (Lipinski definition) is 3. The maximum atomic E-state index is 11.8. The highest BCUT2D eigenvalue weighted by Crippen LogP contribution is 2.20. The lowest BCUT2D eigenvalue weighted by molar-refractivity contribution is 0.0636. The summed E-state index contributed by atoms with van der Waals surface area (Å²) in [6.45, 7) is 9.44. The third-order valence-corrected chi connectivity index (χ3v) is 3.48. The molecule has 0 aliphatic rings. The van der Waals surface area contributed by atoms with Crippen molar-refractivity contribution in [3.63, 3.8) is 0 Å². The van der Waals surface area contributed by atoms with Crippen molar-refractivity contribution in [1.29, 1.82) is 0 Å². The lowest BCUT2D eigenvalue weighted by Crippen LogP contribution is -2.27. The lowest BCUT2D eigenvalue weighted by Gasteiger charge is -2.24. The topological polar surface area (TPSA) is 41.6 Å². The molecule has 0 aromatic heterocycles. The van der Waals surface area contributed by atoms with Crippen LogP contribution in [0.25, 0.3) is 0 Å². The van der Waals surface area contributed by atoms with Crippen LogP contribution in [0.3, 0.4) is 0 Å². The number of hydrogen-bond donors (Lipinski definition) is 1. The molecule has 0 radical (unpaired) electrons. The average molecular weight is 326 g/mol. The average Bonchev–Trinajstić information content (AvgIpc) is 2.52. The van der Waals surface area contributed by atoms with E-state index in [0.717, 1.165) is 24.5 Å². The largest absolute Gasteiger partial charge is 0.444 e. The van der Waals surface area contributed by atoms with E-state index in [1.807, 2.05) is 51.1 Å². The van der Waals surface area contributed by atoms with E-state index in [2.05, 4.69) is 41.4 Å². The minimum Gasteiger partial charge on any atom is -0.444 e. The van der Waals surface area contributed by atoms with Crippen LogP contribution in [0.4, 0.5) is 16.2 Å². The summed E-state index contributed by atoms with van der Waals surface area (Å²) >= 11 is 0. The van der Waals surface area contributed by atoms with Gasteiger partial charge < -0.3 is 9.64 Å². The molecule has 0 spiro atoms. The van der Waals surface area contributed by atoms with Crippen molar-refractivity contribution in [1.82, 2.24) is 0 Å². The van der Waals surface area contributed by atoms with Crippen LogP contribution in [0.15, 0.2) is 54.6 Å². The molecule has 0 fully saturated rings. The van der Waals surface area contributed by atoms with E-state index < -0.39 is 11.7 Å². The van der Waals surface area contributed by atoms with Gasteiger partial charge in [0.1, 0.15) is 5.60 Å². The Labute approximate surface area is 144 Å². The van der Waals surface area contributed by atoms with E-state index in [1.54, 1.807) is 0 Å². The highest BCUT2D eigenvalue weighted by Gasteiger charge is 2.16. The SMILES string of the molecule is CCN(Cc1ccccc1)c1ccc(NC(=O)OC(C)(C)C)cc1. The van der Waals surface area contributed by atoms with Gasteiger partial charge in [-0.15, -0.1) is 0 Å². The van der Waals surface area contributed by atoms with Gasteiger partial charge >= 0.3 is 6.09 Å². The molecule has 0 aliphatic carbocycles. The van der Waals surface area contributed by atoms with E-state index in [0.29, 0.717) is 0 Å². The molecule has 4 nitrogen and oxygen atoms in total. The molecule has 2 aromatic rings. The number of ether oxygens (including phenoxy) is 1. The first-order chi connectivity index (χ1) is 11.4. The summed E-state index contributed by atoms with van der Waals surface area (Å²) in [6.07, 6.45) is -0.438. The van der Waals surface area contributed by atoms with Crippen molar-refractivity contribution >= 4 is 17.5 Å². The minimum atomic E-state index is -0.501. The van der Waals surface area contributed by atoms with Crippen molar-refractivity contribution < 1.29 is 9.53 Å². The van der Waals surface area contributed by atoms with Gasteiger partial charge in [0.2, 0.25) is 0 Å². The predicted molar refractivity (Wildman–Crippen MR) is 99.5 cm³/mol. The number of nitrogens with one attached hydrogen (secondary N) is 1. The highest BCUT2D eigenvalue weighted by atomic mass is 16.6. The molecule has 128 valence electrons. The smallest absolute Gasteiger partial charge is 0.412 e. The first-order valence-electron chi connectivity index (χ1n) is 8.26. The molecule has 0 unspecified atom stereocenters. The number of carbonyl (C=O) groups excluding carboxylic acids is 1. The normalized spacial score (nSPS) is 11.0. The number of amides is 1. The van der Waals surface area contributed by atoms with Crippen LogP contribution < -0.4 is 10.2 Å². The van der Waals surface area contributed by atoms with E-state index in [9.17, 15) is 4.79 Å². The Morgan fingerprint density at radius 1 is 1.04 bits per heavy atom. The summed E-state index contributed by atoms with van der Waals surface area (Å²) in [6, 6.07) is 18.2. The van der Waals surface area contributed by atoms with Crippen LogP contribution >= 0.6 is 0 Å². The van der Waals surface area contributed by atoms with Crippen LogP contribution in [-0.2, 0) is 11.3 Å². The van der Waals surface area contributed by atoms with Crippen molar-refractivity contribution in [2.45, 2.75) is 39.8 Å². The summed E-state index contributed by atoms with van der Waals surface area (Å²) in [5, 5.41) is 2.75. The zero-order valence-electron chi connectivity index (χ0n) is 14.9. The quantitative estimate of drug-likeness (QED) is 0.835. The Hall–Kier alpha value is -2.49. The van der Waals surface area contributed by atoms with Gasteiger partial charge in [-0.3, -0.25) is 5.32 Å². The maximum absolute atomic E-state index is 11.8. The fourth-order valence-electron chi connectivity index (χ4n) is 2.37. The molecule has 0 bridgehead atoms. The third kappa shape index (κ3) is 5.61. The Bertz CT molecular complexity index is 646. The molecular weight excluding hydrogens is 300 g/mol. The number of benzene rings is 2. The lowest BCUT2D eigenvalue weighted by atomic mass is 10.2. The Morgan fingerprint density at radius 3 is 2.21 bits per heavy atom. The van der Waals surface area contributed by atoms with Crippen LogP contribution in [0, 0.1) is 0 Å². The highest BCUT2D eigenvalue weighted by molar-refractivity contribution is 5.85. The minimum absolute atomic E-state index is 0.438. The molecule has 24 heavy (non-hydrogen) atoms. The Kier molecular flexibility index (Phi) is 5.85. The number of anilines is 2. The molecule has 0 saturated heterocycles. The van der Waals surface area contributed by atoms with Crippen LogP contribution in [0.5, 0.6) is 0 Å². The van der Waals surface area contributed by atoms with Crippen LogP contribution in [-0.4, -0.2) is 18.2 Å². The predicted octanol–water partition coefficient (Wildman–Crippen LogP) is 5.06. The molecule has 0 aliphatic heterocycles. The van der Waals surface area contributed by atoms with E-state index in [1.165, 1.54) is 5.56 Å². The molecule has 1 amide bonds. The van der Waals surface area contributed by atoms with Crippen LogP contribution in [0.2, 0.25) is 0 Å². The van der Waals surface area contributed by atoms with Crippen molar-refractivity contribution in [2.75, 3.05) is 16.8 Å². The summed E-state index contributed by atoms with van der Waals surface area (Å²) < 4.78 is 5.26. The van der Waals surface area contributed by atoms with E-state index >= 15 is 0 Å². The number of rotatable bonds is 5. The van der Waals surface area contributed by atoms with Crippen LogP contribution in [0.1, 0.15) is 33.3 Å². The van der Waals surface area contributed by atoms with Gasteiger partial charge in [-0.25, -0.2) is 4.79 Å².